The van der Waals surface area contributed by atoms with E-state index >= 15 is 0 Å². The van der Waals surface area contributed by atoms with Crippen molar-refractivity contribution < 1.29 is 4.74 Å². The highest BCUT2D eigenvalue weighted by atomic mass is 127. The highest BCUT2D eigenvalue weighted by Crippen LogP contribution is 2.28. The van der Waals surface area contributed by atoms with Gasteiger partial charge < -0.3 is 24.4 Å². The number of anilines is 1. The van der Waals surface area contributed by atoms with Gasteiger partial charge in [-0.3, -0.25) is 0 Å². The van der Waals surface area contributed by atoms with Gasteiger partial charge in [-0.05, 0) is 24.6 Å². The lowest BCUT2D eigenvalue weighted by Gasteiger charge is -2.38. The lowest BCUT2D eigenvalue weighted by Crippen LogP contribution is -2.52. The minimum absolute atomic E-state index is 0. The lowest BCUT2D eigenvalue weighted by atomic mass is 10.2. The maximum atomic E-state index is 5.55. The number of benzene rings is 2. The molecule has 0 spiro atoms. The van der Waals surface area contributed by atoms with Crippen molar-refractivity contribution >= 4 is 35.6 Å². The molecule has 8 nitrogen and oxygen atoms in total. The van der Waals surface area contributed by atoms with E-state index in [9.17, 15) is 0 Å². The van der Waals surface area contributed by atoms with Crippen molar-refractivity contribution in [3.8, 4) is 5.75 Å². The van der Waals surface area contributed by atoms with E-state index < -0.39 is 0 Å². The summed E-state index contributed by atoms with van der Waals surface area (Å²) in [5.74, 6) is 3.60. The molecule has 176 valence electrons. The summed E-state index contributed by atoms with van der Waals surface area (Å²) < 4.78 is 7.56. The average Bonchev–Trinajstić information content (AvgIpc) is 3.17. The summed E-state index contributed by atoms with van der Waals surface area (Å²) >= 11 is 0. The molecule has 0 radical (unpaired) electrons. The van der Waals surface area contributed by atoms with E-state index in [-0.39, 0.29) is 24.0 Å². The van der Waals surface area contributed by atoms with Crippen molar-refractivity contribution in [1.29, 1.82) is 0 Å². The molecule has 1 fully saturated rings. The Labute approximate surface area is 212 Å². The summed E-state index contributed by atoms with van der Waals surface area (Å²) in [5.41, 5.74) is 2.33. The number of hydrogen-bond donors (Lipinski definition) is 1. The number of nitrogens with zero attached hydrogens (tertiary/aromatic N) is 6. The van der Waals surface area contributed by atoms with Crippen LogP contribution in [0.4, 0.5) is 5.69 Å². The third kappa shape index (κ3) is 6.16. The summed E-state index contributed by atoms with van der Waals surface area (Å²) in [4.78, 5) is 9.62. The van der Waals surface area contributed by atoms with Gasteiger partial charge >= 0.3 is 0 Å². The van der Waals surface area contributed by atoms with Gasteiger partial charge in [-0.2, -0.15) is 0 Å². The number of piperazine rings is 1. The standard InChI is InChI=1S/C24H31N7O.HI/c1-19-27-28-23(29(19)2)18-26-24(25-17-20-9-5-4-6-10-20)31-15-13-30(14-16-31)21-11-7-8-12-22(21)32-3;/h4-12H,13-18H2,1-3H3,(H,25,26);1H. The Hall–Kier alpha value is -2.82. The molecule has 0 bridgehead atoms. The van der Waals surface area contributed by atoms with Crippen LogP contribution in [0.15, 0.2) is 59.6 Å². The molecular weight excluding hydrogens is 529 g/mol. The Morgan fingerprint density at radius 3 is 2.36 bits per heavy atom. The molecule has 1 aliphatic heterocycles. The van der Waals surface area contributed by atoms with E-state index in [1.807, 2.05) is 48.9 Å². The predicted octanol–water partition coefficient (Wildman–Crippen LogP) is 3.22. The van der Waals surface area contributed by atoms with Crippen LogP contribution in [0.25, 0.3) is 0 Å². The van der Waals surface area contributed by atoms with Gasteiger partial charge in [0.1, 0.15) is 11.6 Å². The largest absolute Gasteiger partial charge is 0.495 e. The molecule has 4 rings (SSSR count). The molecule has 1 saturated heterocycles. The second-order valence-electron chi connectivity index (χ2n) is 7.85. The van der Waals surface area contributed by atoms with Crippen LogP contribution in [0.3, 0.4) is 0 Å². The van der Waals surface area contributed by atoms with Gasteiger partial charge in [0.05, 0.1) is 25.9 Å². The molecule has 3 aromatic rings. The zero-order valence-corrected chi connectivity index (χ0v) is 21.8. The Morgan fingerprint density at radius 2 is 1.70 bits per heavy atom. The van der Waals surface area contributed by atoms with Crippen LogP contribution in [0.2, 0.25) is 0 Å². The highest BCUT2D eigenvalue weighted by molar-refractivity contribution is 14.0. The Morgan fingerprint density at radius 1 is 1.00 bits per heavy atom. The molecule has 1 aromatic heterocycles. The van der Waals surface area contributed by atoms with Crippen LogP contribution >= 0.6 is 24.0 Å². The Kier molecular flexibility index (Phi) is 8.93. The van der Waals surface area contributed by atoms with Gasteiger partial charge in [0.15, 0.2) is 11.8 Å². The first kappa shape index (κ1) is 24.8. The predicted molar refractivity (Wildman–Crippen MR) is 142 cm³/mol. The van der Waals surface area contributed by atoms with Crippen molar-refractivity contribution in [2.75, 3.05) is 38.2 Å². The van der Waals surface area contributed by atoms with Gasteiger partial charge in [-0.15, -0.1) is 34.2 Å². The minimum atomic E-state index is 0. The van der Waals surface area contributed by atoms with Gasteiger partial charge in [-0.25, -0.2) is 4.99 Å². The van der Waals surface area contributed by atoms with Gasteiger partial charge in [0.2, 0.25) is 0 Å². The number of rotatable bonds is 6. The second-order valence-corrected chi connectivity index (χ2v) is 7.85. The van der Waals surface area contributed by atoms with Crippen LogP contribution in [-0.4, -0.2) is 58.9 Å². The number of aliphatic imine (C=N–C) groups is 1. The van der Waals surface area contributed by atoms with Crippen LogP contribution in [0.1, 0.15) is 17.2 Å². The van der Waals surface area contributed by atoms with Crippen LogP contribution < -0.4 is 15.0 Å². The number of hydrogen-bond acceptors (Lipinski definition) is 5. The topological polar surface area (TPSA) is 70.8 Å². The Bertz CT molecular complexity index is 1050. The van der Waals surface area contributed by atoms with E-state index in [2.05, 4.69) is 49.6 Å². The smallest absolute Gasteiger partial charge is 0.194 e. The van der Waals surface area contributed by atoms with Crippen LogP contribution in [0, 0.1) is 6.92 Å². The molecule has 33 heavy (non-hydrogen) atoms. The van der Waals surface area contributed by atoms with E-state index in [0.29, 0.717) is 13.1 Å². The van der Waals surface area contributed by atoms with E-state index in [1.54, 1.807) is 7.11 Å². The molecular formula is C24H32IN7O. The molecule has 0 saturated carbocycles. The van der Waals surface area contributed by atoms with Crippen molar-refractivity contribution in [2.24, 2.45) is 12.0 Å². The number of ether oxygens (including phenoxy) is 1. The van der Waals surface area contributed by atoms with Gasteiger partial charge in [-0.1, -0.05) is 42.5 Å². The fourth-order valence-electron chi connectivity index (χ4n) is 3.83. The quantitative estimate of drug-likeness (QED) is 0.283. The SMILES string of the molecule is COc1ccccc1N1CCN(C(=NCc2ccccc2)NCc2nnc(C)n2C)CC1.I. The molecule has 0 atom stereocenters. The molecule has 1 N–H and O–H groups in total. The summed E-state index contributed by atoms with van der Waals surface area (Å²) in [7, 11) is 3.71. The molecule has 9 heteroatoms. The number of para-hydroxylation sites is 2. The number of halogens is 1. The van der Waals surface area contributed by atoms with E-state index in [1.165, 1.54) is 5.56 Å². The zero-order chi connectivity index (χ0) is 22.3. The monoisotopic (exact) mass is 561 g/mol. The second kappa shape index (κ2) is 11.9. The average molecular weight is 561 g/mol. The zero-order valence-electron chi connectivity index (χ0n) is 19.4. The highest BCUT2D eigenvalue weighted by Gasteiger charge is 2.22. The fraction of sp³-hybridized carbons (Fsp3) is 0.375. The van der Waals surface area contributed by atoms with Gasteiger partial charge in [0, 0.05) is 33.2 Å². The van der Waals surface area contributed by atoms with Crippen molar-refractivity contribution in [3.05, 3.63) is 71.8 Å². The first-order valence-corrected chi connectivity index (χ1v) is 11.0. The third-order valence-electron chi connectivity index (χ3n) is 5.85. The minimum Gasteiger partial charge on any atom is -0.495 e. The number of nitrogens with one attached hydrogen (secondary N) is 1. The summed E-state index contributed by atoms with van der Waals surface area (Å²) in [6.45, 7) is 6.71. The number of aromatic nitrogens is 3. The van der Waals surface area contributed by atoms with E-state index in [4.69, 9.17) is 9.73 Å². The summed E-state index contributed by atoms with van der Waals surface area (Å²) in [6, 6.07) is 18.5. The maximum Gasteiger partial charge on any atom is 0.194 e. The molecule has 0 amide bonds. The summed E-state index contributed by atoms with van der Waals surface area (Å²) in [5, 5.41) is 12.0. The number of aryl methyl sites for hydroxylation is 1. The molecule has 0 aliphatic carbocycles. The maximum absolute atomic E-state index is 5.55. The lowest BCUT2D eigenvalue weighted by molar-refractivity contribution is 0.365. The first-order valence-electron chi connectivity index (χ1n) is 11.0. The molecule has 1 aliphatic rings. The van der Waals surface area contributed by atoms with Crippen molar-refractivity contribution in [2.45, 2.75) is 20.0 Å². The molecule has 0 unspecified atom stereocenters. The normalized spacial score (nSPS) is 14.1. The molecule has 2 heterocycles. The van der Waals surface area contributed by atoms with Crippen molar-refractivity contribution in [3.63, 3.8) is 0 Å². The third-order valence-corrected chi connectivity index (χ3v) is 5.85. The van der Waals surface area contributed by atoms with Crippen LogP contribution in [0.5, 0.6) is 5.75 Å². The van der Waals surface area contributed by atoms with Crippen molar-refractivity contribution in [1.82, 2.24) is 25.0 Å². The number of guanidine groups is 1. The fourth-order valence-corrected chi connectivity index (χ4v) is 3.83. The summed E-state index contributed by atoms with van der Waals surface area (Å²) in [6.07, 6.45) is 0. The number of methoxy groups -OCH3 is 1. The van der Waals surface area contributed by atoms with Gasteiger partial charge in [0.25, 0.3) is 0 Å². The Balaban J connectivity index is 0.00000306. The van der Waals surface area contributed by atoms with E-state index in [0.717, 1.165) is 55.2 Å². The molecule has 2 aromatic carbocycles. The first-order chi connectivity index (χ1) is 15.7. The van der Waals surface area contributed by atoms with Crippen LogP contribution in [-0.2, 0) is 20.1 Å².